The second-order valence-corrected chi connectivity index (χ2v) is 8.53. The number of thiocarbonyl (C=S) groups is 1. The normalized spacial score (nSPS) is 15.2. The molecule has 1 aliphatic rings. The molecule has 2 N–H and O–H groups in total. The molecule has 1 saturated heterocycles. The third kappa shape index (κ3) is 5.37. The maximum absolute atomic E-state index is 12.4. The van der Waals surface area contributed by atoms with Gasteiger partial charge in [0.25, 0.3) is 10.0 Å². The summed E-state index contributed by atoms with van der Waals surface area (Å²) in [5, 5.41) is 3.84. The van der Waals surface area contributed by atoms with Crippen molar-refractivity contribution in [2.75, 3.05) is 42.8 Å². The Kier molecular flexibility index (Phi) is 6.76. The number of nitrogens with zero attached hydrogens (tertiary/aromatic N) is 4. The largest absolute Gasteiger partial charge is 0.346 e. The maximum atomic E-state index is 12.4. The van der Waals surface area contributed by atoms with Gasteiger partial charge in [0.05, 0.1) is 4.90 Å². The Labute approximate surface area is 171 Å². The molecule has 0 aliphatic carbocycles. The van der Waals surface area contributed by atoms with Crippen molar-refractivity contribution >= 4 is 39.0 Å². The topological polar surface area (TPSA) is 90.5 Å². The zero-order chi connectivity index (χ0) is 20.0. The third-order valence-corrected chi connectivity index (χ3v) is 6.11. The fraction of sp³-hybridized carbons (Fsp3) is 0.389. The Hall–Kier alpha value is -2.30. The van der Waals surface area contributed by atoms with E-state index >= 15 is 0 Å². The quantitative estimate of drug-likeness (QED) is 0.686. The predicted octanol–water partition coefficient (Wildman–Crippen LogP) is 2.00. The zero-order valence-corrected chi connectivity index (χ0v) is 17.3. The van der Waals surface area contributed by atoms with Crippen molar-refractivity contribution in [3.05, 3.63) is 42.7 Å². The summed E-state index contributed by atoms with van der Waals surface area (Å²) >= 11 is 5.50. The van der Waals surface area contributed by atoms with Crippen molar-refractivity contribution < 1.29 is 8.42 Å². The molecule has 150 valence electrons. The van der Waals surface area contributed by atoms with E-state index in [9.17, 15) is 8.42 Å². The lowest BCUT2D eigenvalue weighted by Gasteiger charge is -2.36. The van der Waals surface area contributed by atoms with Crippen LogP contribution in [0.1, 0.15) is 13.3 Å². The molecule has 2 heterocycles. The number of benzene rings is 1. The van der Waals surface area contributed by atoms with Gasteiger partial charge in [0.15, 0.2) is 5.11 Å². The summed E-state index contributed by atoms with van der Waals surface area (Å²) in [6.07, 6.45) is 4.10. The van der Waals surface area contributed by atoms with Gasteiger partial charge in [-0.05, 0) is 55.5 Å². The molecule has 3 rings (SSSR count). The van der Waals surface area contributed by atoms with Crippen LogP contribution in [0.5, 0.6) is 0 Å². The monoisotopic (exact) mass is 420 g/mol. The van der Waals surface area contributed by atoms with E-state index in [2.05, 4.69) is 36.7 Å². The second kappa shape index (κ2) is 9.26. The average molecular weight is 421 g/mol. The molecule has 2 aromatic rings. The van der Waals surface area contributed by atoms with Gasteiger partial charge in [0.2, 0.25) is 5.95 Å². The zero-order valence-electron chi connectivity index (χ0n) is 15.7. The SMILES string of the molecule is CCCN1CCN(C(=S)Nc2ccc(S(=O)(=O)Nc3ncccn3)cc2)CC1. The van der Waals surface area contributed by atoms with Crippen molar-refractivity contribution in [2.45, 2.75) is 18.2 Å². The molecule has 0 saturated carbocycles. The fourth-order valence-electron chi connectivity index (χ4n) is 2.94. The summed E-state index contributed by atoms with van der Waals surface area (Å²) in [4.78, 5) is 12.5. The number of piperazine rings is 1. The van der Waals surface area contributed by atoms with Gasteiger partial charge in [-0.2, -0.15) is 0 Å². The molecule has 0 amide bonds. The van der Waals surface area contributed by atoms with Gasteiger partial charge >= 0.3 is 0 Å². The second-order valence-electron chi connectivity index (χ2n) is 6.46. The van der Waals surface area contributed by atoms with Crippen molar-refractivity contribution in [3.63, 3.8) is 0 Å². The van der Waals surface area contributed by atoms with E-state index in [-0.39, 0.29) is 10.8 Å². The van der Waals surface area contributed by atoms with E-state index in [4.69, 9.17) is 12.2 Å². The van der Waals surface area contributed by atoms with E-state index in [1.807, 2.05) is 0 Å². The van der Waals surface area contributed by atoms with E-state index in [0.29, 0.717) is 5.11 Å². The minimum absolute atomic E-state index is 0.0353. The Morgan fingerprint density at radius 1 is 1.11 bits per heavy atom. The summed E-state index contributed by atoms with van der Waals surface area (Å²) in [5.41, 5.74) is 0.746. The van der Waals surface area contributed by atoms with Gasteiger partial charge in [-0.25, -0.2) is 23.1 Å². The minimum Gasteiger partial charge on any atom is -0.346 e. The number of aromatic nitrogens is 2. The first kappa shape index (κ1) is 20.4. The van der Waals surface area contributed by atoms with Crippen molar-refractivity contribution in [1.29, 1.82) is 0 Å². The fourth-order valence-corrected chi connectivity index (χ4v) is 4.20. The van der Waals surface area contributed by atoms with Crippen LogP contribution in [-0.4, -0.2) is 66.0 Å². The van der Waals surface area contributed by atoms with Crippen LogP contribution in [0.2, 0.25) is 0 Å². The molecule has 0 bridgehead atoms. The number of anilines is 2. The molecular formula is C18H24N6O2S2. The summed E-state index contributed by atoms with van der Waals surface area (Å²) in [6.45, 7) is 7.08. The summed E-state index contributed by atoms with van der Waals surface area (Å²) in [7, 11) is -3.74. The predicted molar refractivity (Wildman–Crippen MR) is 114 cm³/mol. The number of nitrogens with one attached hydrogen (secondary N) is 2. The van der Waals surface area contributed by atoms with Gasteiger partial charge in [-0.3, -0.25) is 4.90 Å². The minimum atomic E-state index is -3.74. The molecule has 1 fully saturated rings. The molecule has 8 nitrogen and oxygen atoms in total. The Bertz CT molecular complexity index is 882. The lowest BCUT2D eigenvalue weighted by atomic mass is 10.3. The molecule has 0 atom stereocenters. The van der Waals surface area contributed by atoms with Gasteiger partial charge in [-0.15, -0.1) is 0 Å². The Morgan fingerprint density at radius 3 is 2.36 bits per heavy atom. The van der Waals surface area contributed by atoms with E-state index in [0.717, 1.165) is 44.8 Å². The van der Waals surface area contributed by atoms with Crippen molar-refractivity contribution in [2.24, 2.45) is 0 Å². The van der Waals surface area contributed by atoms with E-state index < -0.39 is 10.0 Å². The number of hydrogen-bond donors (Lipinski definition) is 2. The first-order valence-electron chi connectivity index (χ1n) is 9.16. The Morgan fingerprint density at radius 2 is 1.75 bits per heavy atom. The van der Waals surface area contributed by atoms with Gasteiger partial charge in [0, 0.05) is 44.3 Å². The van der Waals surface area contributed by atoms with Crippen LogP contribution >= 0.6 is 12.2 Å². The average Bonchev–Trinajstić information content (AvgIpc) is 2.69. The van der Waals surface area contributed by atoms with Crippen LogP contribution in [0.3, 0.4) is 0 Å². The molecule has 1 aromatic carbocycles. The van der Waals surface area contributed by atoms with Crippen LogP contribution in [0.25, 0.3) is 0 Å². The summed E-state index contributed by atoms with van der Waals surface area (Å²) in [6, 6.07) is 8.05. The smallest absolute Gasteiger partial charge is 0.264 e. The highest BCUT2D eigenvalue weighted by Gasteiger charge is 2.19. The molecule has 10 heteroatoms. The number of hydrogen-bond acceptors (Lipinski definition) is 6. The highest BCUT2D eigenvalue weighted by atomic mass is 32.2. The first-order valence-corrected chi connectivity index (χ1v) is 11.1. The van der Waals surface area contributed by atoms with E-state index in [1.54, 1.807) is 18.2 Å². The maximum Gasteiger partial charge on any atom is 0.264 e. The van der Waals surface area contributed by atoms with Gasteiger partial charge in [0.1, 0.15) is 0 Å². The van der Waals surface area contributed by atoms with Crippen LogP contribution in [-0.2, 0) is 10.0 Å². The molecule has 0 unspecified atom stereocenters. The summed E-state index contributed by atoms with van der Waals surface area (Å²) in [5.74, 6) is 0.0353. The van der Waals surface area contributed by atoms with Gasteiger partial charge < -0.3 is 10.2 Å². The van der Waals surface area contributed by atoms with Crippen LogP contribution in [0.15, 0.2) is 47.6 Å². The first-order chi connectivity index (χ1) is 13.5. The number of sulfonamides is 1. The molecule has 0 spiro atoms. The van der Waals surface area contributed by atoms with Crippen molar-refractivity contribution in [3.8, 4) is 0 Å². The van der Waals surface area contributed by atoms with E-state index in [1.165, 1.54) is 24.5 Å². The summed E-state index contributed by atoms with van der Waals surface area (Å²) < 4.78 is 27.2. The lowest BCUT2D eigenvalue weighted by molar-refractivity contribution is 0.184. The lowest BCUT2D eigenvalue weighted by Crippen LogP contribution is -2.49. The molecular weight excluding hydrogens is 396 g/mol. The van der Waals surface area contributed by atoms with Crippen LogP contribution in [0, 0.1) is 0 Å². The van der Waals surface area contributed by atoms with Gasteiger partial charge in [-0.1, -0.05) is 6.92 Å². The Balaban J connectivity index is 1.58. The highest BCUT2D eigenvalue weighted by molar-refractivity contribution is 7.92. The molecule has 0 radical (unpaired) electrons. The molecule has 1 aromatic heterocycles. The van der Waals surface area contributed by atoms with Crippen LogP contribution < -0.4 is 10.0 Å². The highest BCUT2D eigenvalue weighted by Crippen LogP contribution is 2.17. The standard InChI is InChI=1S/C18H24N6O2S2/c1-2-10-23-11-13-24(14-12-23)18(27)21-15-4-6-16(7-5-15)28(25,26)22-17-19-8-3-9-20-17/h3-9H,2,10-14H2,1H3,(H,21,27)(H,19,20,22). The van der Waals surface area contributed by atoms with Crippen LogP contribution in [0.4, 0.5) is 11.6 Å². The van der Waals surface area contributed by atoms with Crippen molar-refractivity contribution in [1.82, 2.24) is 19.8 Å². The number of rotatable bonds is 6. The molecule has 1 aliphatic heterocycles. The molecule has 28 heavy (non-hydrogen) atoms. The third-order valence-electron chi connectivity index (χ3n) is 4.41.